The molecule has 0 bridgehead atoms. The number of urea groups is 1. The number of carbonyl (C=O) groups excluding carboxylic acids is 1. The lowest BCUT2D eigenvalue weighted by molar-refractivity contribution is 0.206. The predicted molar refractivity (Wildman–Crippen MR) is 87.5 cm³/mol. The van der Waals surface area contributed by atoms with Crippen LogP contribution in [0.2, 0.25) is 0 Å². The van der Waals surface area contributed by atoms with Crippen molar-refractivity contribution >= 4 is 6.03 Å². The summed E-state index contributed by atoms with van der Waals surface area (Å²) in [6, 6.07) is -0.0525. The van der Waals surface area contributed by atoms with Crippen molar-refractivity contribution in [2.24, 2.45) is 5.41 Å². The number of hydrogen-bond acceptors (Lipinski definition) is 4. The maximum Gasteiger partial charge on any atom is 0.315 e. The Hall–Kier alpha value is -1.63. The number of aromatic nitrogens is 3. The van der Waals surface area contributed by atoms with Gasteiger partial charge in [0, 0.05) is 12.6 Å². The van der Waals surface area contributed by atoms with Crippen molar-refractivity contribution < 1.29 is 4.79 Å². The standard InChI is InChI=1S/C15H30N6O/c1-7-21-11-17-19-13(21)10-16-14(22)18-12(15(2,3)4)8-9-20(5)6/h11-12H,7-10H2,1-6H3,(H2,16,18,22). The molecule has 2 amide bonds. The molecule has 22 heavy (non-hydrogen) atoms. The number of aryl methyl sites for hydroxylation is 1. The first kappa shape index (κ1) is 18.4. The summed E-state index contributed by atoms with van der Waals surface area (Å²) in [4.78, 5) is 14.3. The third-order valence-electron chi connectivity index (χ3n) is 3.66. The van der Waals surface area contributed by atoms with Crippen molar-refractivity contribution in [1.29, 1.82) is 0 Å². The van der Waals surface area contributed by atoms with E-state index in [0.717, 1.165) is 25.3 Å². The number of nitrogens with one attached hydrogen (secondary N) is 2. The molecule has 1 rings (SSSR count). The maximum atomic E-state index is 12.1. The minimum atomic E-state index is -0.163. The van der Waals surface area contributed by atoms with E-state index in [0.29, 0.717) is 6.54 Å². The van der Waals surface area contributed by atoms with Crippen LogP contribution in [0.15, 0.2) is 6.33 Å². The average molecular weight is 310 g/mol. The van der Waals surface area contributed by atoms with E-state index in [1.807, 2.05) is 25.6 Å². The molecule has 0 aliphatic heterocycles. The van der Waals surface area contributed by atoms with Gasteiger partial charge in [-0.25, -0.2) is 4.79 Å². The molecule has 0 spiro atoms. The Bertz CT molecular complexity index is 463. The van der Waals surface area contributed by atoms with Crippen LogP contribution in [0.5, 0.6) is 0 Å². The van der Waals surface area contributed by atoms with Crippen molar-refractivity contribution in [2.45, 2.75) is 53.2 Å². The van der Waals surface area contributed by atoms with Crippen molar-refractivity contribution in [3.8, 4) is 0 Å². The van der Waals surface area contributed by atoms with Crippen molar-refractivity contribution in [1.82, 2.24) is 30.3 Å². The first-order chi connectivity index (χ1) is 10.2. The molecule has 0 saturated carbocycles. The van der Waals surface area contributed by atoms with E-state index >= 15 is 0 Å². The molecule has 0 aromatic carbocycles. The third-order valence-corrected chi connectivity index (χ3v) is 3.66. The van der Waals surface area contributed by atoms with Gasteiger partial charge in [-0.15, -0.1) is 10.2 Å². The SMILES string of the molecule is CCn1cnnc1CNC(=O)NC(CCN(C)C)C(C)(C)C. The lowest BCUT2D eigenvalue weighted by Crippen LogP contribution is -2.49. The number of hydrogen-bond donors (Lipinski definition) is 2. The van der Waals surface area contributed by atoms with Crippen LogP contribution in [0.3, 0.4) is 0 Å². The Balaban J connectivity index is 2.52. The van der Waals surface area contributed by atoms with Crippen LogP contribution < -0.4 is 10.6 Å². The lowest BCUT2D eigenvalue weighted by Gasteiger charge is -2.32. The van der Waals surface area contributed by atoms with Crippen LogP contribution in [0.1, 0.15) is 39.9 Å². The van der Waals surface area contributed by atoms with Crippen LogP contribution >= 0.6 is 0 Å². The fourth-order valence-corrected chi connectivity index (χ4v) is 2.16. The second-order valence-electron chi connectivity index (χ2n) is 6.87. The summed E-state index contributed by atoms with van der Waals surface area (Å²) in [7, 11) is 4.08. The normalized spacial score (nSPS) is 13.2. The van der Waals surface area contributed by atoms with Gasteiger partial charge in [0.05, 0.1) is 6.54 Å². The highest BCUT2D eigenvalue weighted by atomic mass is 16.2. The molecule has 0 saturated heterocycles. The smallest absolute Gasteiger partial charge is 0.315 e. The van der Waals surface area contributed by atoms with Gasteiger partial charge in [0.15, 0.2) is 5.82 Å². The molecule has 1 aromatic heterocycles. The molecule has 1 unspecified atom stereocenters. The Labute approximate surface area is 133 Å². The monoisotopic (exact) mass is 310 g/mol. The second-order valence-corrected chi connectivity index (χ2v) is 6.87. The number of amides is 2. The molecule has 1 atom stereocenters. The zero-order valence-electron chi connectivity index (χ0n) is 14.7. The van der Waals surface area contributed by atoms with Gasteiger partial charge in [-0.3, -0.25) is 0 Å². The molecule has 126 valence electrons. The molecule has 0 fully saturated rings. The topological polar surface area (TPSA) is 75.1 Å². The Morgan fingerprint density at radius 1 is 1.41 bits per heavy atom. The summed E-state index contributed by atoms with van der Waals surface area (Å²) >= 11 is 0. The largest absolute Gasteiger partial charge is 0.335 e. The lowest BCUT2D eigenvalue weighted by atomic mass is 9.85. The Morgan fingerprint density at radius 3 is 2.64 bits per heavy atom. The van der Waals surface area contributed by atoms with Gasteiger partial charge in [-0.2, -0.15) is 0 Å². The zero-order valence-corrected chi connectivity index (χ0v) is 14.7. The molecular weight excluding hydrogens is 280 g/mol. The first-order valence-corrected chi connectivity index (χ1v) is 7.79. The molecule has 0 radical (unpaired) electrons. The van der Waals surface area contributed by atoms with E-state index in [9.17, 15) is 4.79 Å². The summed E-state index contributed by atoms with van der Waals surface area (Å²) in [5.74, 6) is 0.762. The summed E-state index contributed by atoms with van der Waals surface area (Å²) in [6.45, 7) is 10.5. The summed E-state index contributed by atoms with van der Waals surface area (Å²) in [5, 5.41) is 13.8. The molecule has 7 nitrogen and oxygen atoms in total. The van der Waals surface area contributed by atoms with Gasteiger partial charge < -0.3 is 20.1 Å². The minimum Gasteiger partial charge on any atom is -0.335 e. The quantitative estimate of drug-likeness (QED) is 0.799. The number of carbonyl (C=O) groups is 1. The summed E-state index contributed by atoms with van der Waals surface area (Å²) in [5.41, 5.74) is 0.0107. The molecule has 0 aliphatic rings. The highest BCUT2D eigenvalue weighted by molar-refractivity contribution is 5.74. The van der Waals surface area contributed by atoms with E-state index in [1.54, 1.807) is 6.33 Å². The van der Waals surface area contributed by atoms with Crippen LogP contribution in [0.4, 0.5) is 4.79 Å². The van der Waals surface area contributed by atoms with E-state index in [2.05, 4.69) is 46.5 Å². The van der Waals surface area contributed by atoms with Gasteiger partial charge in [-0.05, 0) is 39.4 Å². The highest BCUT2D eigenvalue weighted by Gasteiger charge is 2.26. The molecular formula is C15H30N6O. The second kappa shape index (κ2) is 8.12. The Kier molecular flexibility index (Phi) is 6.80. The maximum absolute atomic E-state index is 12.1. The molecule has 0 aliphatic carbocycles. The molecule has 2 N–H and O–H groups in total. The van der Waals surface area contributed by atoms with E-state index in [1.165, 1.54) is 0 Å². The van der Waals surface area contributed by atoms with E-state index in [-0.39, 0.29) is 17.5 Å². The molecule has 1 heterocycles. The van der Waals surface area contributed by atoms with Gasteiger partial charge in [0.1, 0.15) is 6.33 Å². The number of rotatable bonds is 7. The highest BCUT2D eigenvalue weighted by Crippen LogP contribution is 2.21. The molecule has 7 heteroatoms. The predicted octanol–water partition coefficient (Wildman–Crippen LogP) is 1.46. The van der Waals surface area contributed by atoms with Crippen LogP contribution in [-0.4, -0.2) is 52.4 Å². The average Bonchev–Trinajstić information content (AvgIpc) is 2.87. The van der Waals surface area contributed by atoms with Crippen molar-refractivity contribution in [2.75, 3.05) is 20.6 Å². The fraction of sp³-hybridized carbons (Fsp3) is 0.800. The third kappa shape index (κ3) is 6.01. The van der Waals surface area contributed by atoms with E-state index in [4.69, 9.17) is 0 Å². The van der Waals surface area contributed by atoms with Crippen molar-refractivity contribution in [3.05, 3.63) is 12.2 Å². The van der Waals surface area contributed by atoms with Crippen LogP contribution in [0.25, 0.3) is 0 Å². The number of nitrogens with zero attached hydrogens (tertiary/aromatic N) is 4. The summed E-state index contributed by atoms with van der Waals surface area (Å²) in [6.07, 6.45) is 2.58. The van der Waals surface area contributed by atoms with Gasteiger partial charge >= 0.3 is 6.03 Å². The first-order valence-electron chi connectivity index (χ1n) is 7.79. The van der Waals surface area contributed by atoms with Crippen LogP contribution in [-0.2, 0) is 13.1 Å². The van der Waals surface area contributed by atoms with Gasteiger partial charge in [-0.1, -0.05) is 20.8 Å². The minimum absolute atomic E-state index is 0.0107. The Morgan fingerprint density at radius 2 is 2.09 bits per heavy atom. The fourth-order valence-electron chi connectivity index (χ4n) is 2.16. The summed E-state index contributed by atoms with van der Waals surface area (Å²) < 4.78 is 1.91. The van der Waals surface area contributed by atoms with Crippen molar-refractivity contribution in [3.63, 3.8) is 0 Å². The van der Waals surface area contributed by atoms with Gasteiger partial charge in [0.25, 0.3) is 0 Å². The van der Waals surface area contributed by atoms with E-state index < -0.39 is 0 Å². The van der Waals surface area contributed by atoms with Gasteiger partial charge in [0.2, 0.25) is 0 Å². The molecule has 1 aromatic rings. The van der Waals surface area contributed by atoms with Crippen LogP contribution in [0, 0.1) is 5.41 Å². The zero-order chi connectivity index (χ0) is 16.8.